The molecule has 1 unspecified atom stereocenters. The highest BCUT2D eigenvalue weighted by atomic mass is 79.9. The second-order valence-corrected chi connectivity index (χ2v) is 8.50. The SMILES string of the molecule is CC(C)(C)N1Cc2cccc(Br)c2OC1c1ccc(Cl)c(C(F)(F)F)c1. The molecule has 1 atom stereocenters. The lowest BCUT2D eigenvalue weighted by atomic mass is 9.98. The molecule has 2 nitrogen and oxygen atoms in total. The maximum atomic E-state index is 13.3. The second-order valence-electron chi connectivity index (χ2n) is 7.23. The van der Waals surface area contributed by atoms with Crippen molar-refractivity contribution in [3.63, 3.8) is 0 Å². The standard InChI is InChI=1S/C19H18BrClF3NO/c1-18(2,3)25-10-12-5-4-6-14(20)16(12)26-17(25)11-7-8-15(21)13(9-11)19(22,23)24/h4-9,17H,10H2,1-3H3. The molecular formula is C19H18BrClF3NO. The molecule has 7 heteroatoms. The molecule has 1 aliphatic heterocycles. The number of ether oxygens (including phenoxy) is 1. The molecule has 1 heterocycles. The summed E-state index contributed by atoms with van der Waals surface area (Å²) < 4.78 is 46.8. The summed E-state index contributed by atoms with van der Waals surface area (Å²) in [5.41, 5.74) is 0.226. The third-order valence-electron chi connectivity index (χ3n) is 4.34. The minimum atomic E-state index is -4.52. The van der Waals surface area contributed by atoms with Gasteiger partial charge in [-0.25, -0.2) is 0 Å². The van der Waals surface area contributed by atoms with Crippen LogP contribution in [0.4, 0.5) is 13.2 Å². The molecule has 0 amide bonds. The summed E-state index contributed by atoms with van der Waals surface area (Å²) >= 11 is 9.24. The number of rotatable bonds is 1. The zero-order valence-electron chi connectivity index (χ0n) is 14.5. The van der Waals surface area contributed by atoms with Crippen LogP contribution in [0.3, 0.4) is 0 Å². The Labute approximate surface area is 164 Å². The third kappa shape index (κ3) is 3.73. The van der Waals surface area contributed by atoms with Gasteiger partial charge in [0.15, 0.2) is 6.23 Å². The molecule has 2 aromatic carbocycles. The maximum absolute atomic E-state index is 13.3. The Morgan fingerprint density at radius 1 is 1.15 bits per heavy atom. The fourth-order valence-electron chi connectivity index (χ4n) is 3.00. The summed E-state index contributed by atoms with van der Waals surface area (Å²) in [7, 11) is 0. The molecule has 0 aliphatic carbocycles. The van der Waals surface area contributed by atoms with Crippen LogP contribution in [0.2, 0.25) is 5.02 Å². The third-order valence-corrected chi connectivity index (χ3v) is 5.30. The van der Waals surface area contributed by atoms with Crippen molar-refractivity contribution in [3.05, 3.63) is 62.6 Å². The van der Waals surface area contributed by atoms with Gasteiger partial charge in [0.05, 0.1) is 15.1 Å². The van der Waals surface area contributed by atoms with Gasteiger partial charge in [-0.15, -0.1) is 0 Å². The van der Waals surface area contributed by atoms with Gasteiger partial charge in [-0.3, -0.25) is 4.90 Å². The maximum Gasteiger partial charge on any atom is 0.417 e. The predicted octanol–water partition coefficient (Wildman–Crippen LogP) is 6.81. The molecule has 0 spiro atoms. The minimum absolute atomic E-state index is 0.317. The highest BCUT2D eigenvalue weighted by Crippen LogP contribution is 2.44. The van der Waals surface area contributed by atoms with E-state index in [4.69, 9.17) is 16.3 Å². The van der Waals surface area contributed by atoms with E-state index in [2.05, 4.69) is 15.9 Å². The van der Waals surface area contributed by atoms with Gasteiger partial charge >= 0.3 is 6.18 Å². The minimum Gasteiger partial charge on any atom is -0.469 e. The van der Waals surface area contributed by atoms with Gasteiger partial charge in [0, 0.05) is 23.2 Å². The van der Waals surface area contributed by atoms with Crippen LogP contribution in [0.15, 0.2) is 40.9 Å². The summed E-state index contributed by atoms with van der Waals surface area (Å²) in [5.74, 6) is 0.654. The van der Waals surface area contributed by atoms with Crippen LogP contribution in [0.25, 0.3) is 0 Å². The van der Waals surface area contributed by atoms with Crippen LogP contribution in [-0.2, 0) is 12.7 Å². The van der Waals surface area contributed by atoms with Gasteiger partial charge < -0.3 is 4.74 Å². The van der Waals surface area contributed by atoms with Crippen molar-refractivity contribution in [2.75, 3.05) is 0 Å². The van der Waals surface area contributed by atoms with E-state index in [1.807, 2.05) is 43.9 Å². The summed E-state index contributed by atoms with van der Waals surface area (Å²) in [5, 5.41) is -0.319. The summed E-state index contributed by atoms with van der Waals surface area (Å²) in [6, 6.07) is 9.66. The van der Waals surface area contributed by atoms with Crippen molar-refractivity contribution in [2.24, 2.45) is 0 Å². The van der Waals surface area contributed by atoms with E-state index >= 15 is 0 Å². The number of hydrogen-bond donors (Lipinski definition) is 0. The van der Waals surface area contributed by atoms with E-state index in [-0.39, 0.29) is 10.6 Å². The molecule has 140 valence electrons. The number of nitrogens with zero attached hydrogens (tertiary/aromatic N) is 1. The van der Waals surface area contributed by atoms with E-state index in [1.54, 1.807) is 6.07 Å². The van der Waals surface area contributed by atoms with E-state index < -0.39 is 18.0 Å². The molecule has 0 radical (unpaired) electrons. The van der Waals surface area contributed by atoms with Gasteiger partial charge in [-0.1, -0.05) is 29.8 Å². The molecule has 26 heavy (non-hydrogen) atoms. The Hall–Kier alpha value is -1.24. The van der Waals surface area contributed by atoms with Crippen molar-refractivity contribution >= 4 is 27.5 Å². The normalized spacial score (nSPS) is 18.4. The number of hydrogen-bond acceptors (Lipinski definition) is 2. The molecule has 0 N–H and O–H groups in total. The number of alkyl halides is 3. The van der Waals surface area contributed by atoms with Crippen molar-refractivity contribution in [1.29, 1.82) is 0 Å². The predicted molar refractivity (Wildman–Crippen MR) is 99.3 cm³/mol. The Bertz CT molecular complexity index is 833. The number of halogens is 5. The Balaban J connectivity index is 2.11. The first-order chi connectivity index (χ1) is 12.0. The molecule has 0 aromatic heterocycles. The molecule has 0 bridgehead atoms. The van der Waals surface area contributed by atoms with Crippen LogP contribution < -0.4 is 4.74 Å². The first kappa shape index (κ1) is 19.5. The Morgan fingerprint density at radius 3 is 2.46 bits per heavy atom. The highest BCUT2D eigenvalue weighted by Gasteiger charge is 2.39. The first-order valence-electron chi connectivity index (χ1n) is 8.06. The molecule has 1 aliphatic rings. The molecule has 0 saturated heterocycles. The van der Waals surface area contributed by atoms with Crippen molar-refractivity contribution < 1.29 is 17.9 Å². The van der Waals surface area contributed by atoms with Crippen LogP contribution in [0, 0.1) is 0 Å². The lowest BCUT2D eigenvalue weighted by molar-refractivity contribution is -0.137. The first-order valence-corrected chi connectivity index (χ1v) is 9.23. The quantitative estimate of drug-likeness (QED) is 0.475. The highest BCUT2D eigenvalue weighted by molar-refractivity contribution is 9.10. The Morgan fingerprint density at radius 2 is 1.85 bits per heavy atom. The average molecular weight is 449 g/mol. The average Bonchev–Trinajstić information content (AvgIpc) is 2.53. The molecule has 0 saturated carbocycles. The lowest BCUT2D eigenvalue weighted by Crippen LogP contribution is -2.47. The van der Waals surface area contributed by atoms with Crippen LogP contribution in [-0.4, -0.2) is 10.4 Å². The topological polar surface area (TPSA) is 12.5 Å². The van der Waals surface area contributed by atoms with Gasteiger partial charge in [-0.05, 0) is 54.9 Å². The molecule has 0 fully saturated rings. The fourth-order valence-corrected chi connectivity index (χ4v) is 3.73. The zero-order chi connectivity index (χ0) is 19.3. The van der Waals surface area contributed by atoms with Gasteiger partial charge in [0.25, 0.3) is 0 Å². The molecule has 3 rings (SSSR count). The molecule has 2 aromatic rings. The number of para-hydroxylation sites is 1. The van der Waals surface area contributed by atoms with Gasteiger partial charge in [0.2, 0.25) is 0 Å². The summed E-state index contributed by atoms with van der Waals surface area (Å²) in [6.07, 6.45) is -5.17. The molecular weight excluding hydrogens is 431 g/mol. The van der Waals surface area contributed by atoms with E-state index in [0.29, 0.717) is 17.9 Å². The monoisotopic (exact) mass is 447 g/mol. The smallest absolute Gasteiger partial charge is 0.417 e. The van der Waals surface area contributed by atoms with E-state index in [0.717, 1.165) is 16.1 Å². The van der Waals surface area contributed by atoms with Crippen molar-refractivity contribution in [3.8, 4) is 5.75 Å². The van der Waals surface area contributed by atoms with Crippen LogP contribution in [0.1, 0.15) is 43.7 Å². The van der Waals surface area contributed by atoms with Crippen molar-refractivity contribution in [1.82, 2.24) is 4.90 Å². The van der Waals surface area contributed by atoms with Gasteiger partial charge in [-0.2, -0.15) is 13.2 Å². The van der Waals surface area contributed by atoms with Gasteiger partial charge in [0.1, 0.15) is 5.75 Å². The fraction of sp³-hybridized carbons (Fsp3) is 0.368. The lowest BCUT2D eigenvalue weighted by Gasteiger charge is -2.45. The number of benzene rings is 2. The summed E-state index contributed by atoms with van der Waals surface area (Å²) in [6.45, 7) is 6.58. The largest absolute Gasteiger partial charge is 0.469 e. The number of fused-ring (bicyclic) bond motifs is 1. The zero-order valence-corrected chi connectivity index (χ0v) is 16.8. The second kappa shape index (κ2) is 6.73. The Kier molecular flexibility index (Phi) is 5.05. The van der Waals surface area contributed by atoms with Crippen molar-refractivity contribution in [2.45, 2.75) is 45.3 Å². The van der Waals surface area contributed by atoms with Crippen LogP contribution >= 0.6 is 27.5 Å². The van der Waals surface area contributed by atoms with Crippen LogP contribution in [0.5, 0.6) is 5.75 Å². The van der Waals surface area contributed by atoms with E-state index in [9.17, 15) is 13.2 Å². The van der Waals surface area contributed by atoms with E-state index in [1.165, 1.54) is 6.07 Å². The summed E-state index contributed by atoms with van der Waals surface area (Å²) in [4.78, 5) is 2.03.